The summed E-state index contributed by atoms with van der Waals surface area (Å²) in [7, 11) is 0. The molecule has 2 aliphatic rings. The monoisotopic (exact) mass is 265 g/mol. The zero-order valence-electron chi connectivity index (χ0n) is 11.1. The lowest BCUT2D eigenvalue weighted by molar-refractivity contribution is 0.391. The van der Waals surface area contributed by atoms with Crippen LogP contribution in [0, 0.1) is 19.8 Å². The molecule has 0 aromatic carbocycles. The number of thioether (sulfide) groups is 1. The van der Waals surface area contributed by atoms with Crippen molar-refractivity contribution >= 4 is 16.9 Å². The predicted octanol–water partition coefficient (Wildman–Crippen LogP) is 2.82. The minimum absolute atomic E-state index is 0.209. The highest BCUT2D eigenvalue weighted by Gasteiger charge is 2.35. The van der Waals surface area contributed by atoms with Crippen molar-refractivity contribution < 1.29 is 4.52 Å². The number of rotatable bonds is 3. The van der Waals surface area contributed by atoms with Crippen LogP contribution in [0.4, 0.5) is 0 Å². The third-order valence-electron chi connectivity index (χ3n) is 3.69. The normalized spacial score (nSPS) is 25.1. The Balaban J connectivity index is 1.63. The molecule has 1 aliphatic carbocycles. The van der Waals surface area contributed by atoms with Crippen LogP contribution in [0.1, 0.15) is 42.8 Å². The summed E-state index contributed by atoms with van der Waals surface area (Å²) in [5.74, 6) is 1.81. The summed E-state index contributed by atoms with van der Waals surface area (Å²) in [6.45, 7) is 7.07. The summed E-state index contributed by atoms with van der Waals surface area (Å²) in [5, 5.41) is 9.29. The van der Waals surface area contributed by atoms with Gasteiger partial charge < -0.3 is 9.84 Å². The number of nitrogens with one attached hydrogen (secondary N) is 1. The smallest absolute Gasteiger partial charge is 0.157 e. The molecule has 4 nitrogen and oxygen atoms in total. The molecule has 0 bridgehead atoms. The van der Waals surface area contributed by atoms with Crippen LogP contribution < -0.4 is 5.32 Å². The standard InChI is InChI=1S/C13H19N3OS/c1-7(12-8(2)16-17-9(12)3)15-13-14-6-11(18-13)10-4-5-10/h7,10-11H,4-6H2,1-3H3,(H,14,15). The van der Waals surface area contributed by atoms with E-state index in [2.05, 4.69) is 22.4 Å². The van der Waals surface area contributed by atoms with Gasteiger partial charge in [-0.25, -0.2) is 0 Å². The van der Waals surface area contributed by atoms with Gasteiger partial charge in [0.25, 0.3) is 0 Å². The molecule has 1 saturated carbocycles. The molecule has 98 valence electrons. The van der Waals surface area contributed by atoms with Crippen molar-refractivity contribution in [3.63, 3.8) is 0 Å². The van der Waals surface area contributed by atoms with Crippen molar-refractivity contribution in [2.24, 2.45) is 10.9 Å². The lowest BCUT2D eigenvalue weighted by atomic mass is 10.1. The highest BCUT2D eigenvalue weighted by atomic mass is 32.2. The summed E-state index contributed by atoms with van der Waals surface area (Å²) < 4.78 is 5.21. The van der Waals surface area contributed by atoms with Crippen molar-refractivity contribution in [2.75, 3.05) is 6.54 Å². The maximum Gasteiger partial charge on any atom is 0.157 e. The minimum atomic E-state index is 0.209. The Kier molecular flexibility index (Phi) is 3.09. The first-order valence-electron chi connectivity index (χ1n) is 6.55. The van der Waals surface area contributed by atoms with Gasteiger partial charge >= 0.3 is 0 Å². The molecule has 0 saturated heterocycles. The Labute approximate surface area is 112 Å². The van der Waals surface area contributed by atoms with E-state index in [-0.39, 0.29) is 6.04 Å². The molecule has 0 spiro atoms. The fourth-order valence-electron chi connectivity index (χ4n) is 2.55. The highest BCUT2D eigenvalue weighted by Crippen LogP contribution is 2.41. The highest BCUT2D eigenvalue weighted by molar-refractivity contribution is 8.14. The molecular weight excluding hydrogens is 246 g/mol. The first-order valence-corrected chi connectivity index (χ1v) is 7.43. The van der Waals surface area contributed by atoms with Gasteiger partial charge in [-0.2, -0.15) is 0 Å². The van der Waals surface area contributed by atoms with Gasteiger partial charge in [-0.15, -0.1) is 0 Å². The molecule has 0 amide bonds. The van der Waals surface area contributed by atoms with E-state index in [4.69, 9.17) is 4.52 Å². The Morgan fingerprint density at radius 1 is 1.39 bits per heavy atom. The molecule has 0 radical (unpaired) electrons. The van der Waals surface area contributed by atoms with Crippen LogP contribution in [0.5, 0.6) is 0 Å². The van der Waals surface area contributed by atoms with E-state index in [0.717, 1.165) is 34.6 Å². The average molecular weight is 265 g/mol. The number of amidine groups is 1. The van der Waals surface area contributed by atoms with Crippen LogP contribution in [0.2, 0.25) is 0 Å². The van der Waals surface area contributed by atoms with Gasteiger partial charge in [0, 0.05) is 10.8 Å². The lowest BCUT2D eigenvalue weighted by Crippen LogP contribution is -2.24. The third kappa shape index (κ3) is 2.28. The van der Waals surface area contributed by atoms with Crippen molar-refractivity contribution in [3.05, 3.63) is 17.0 Å². The molecule has 2 atom stereocenters. The first kappa shape index (κ1) is 12.1. The Bertz CT molecular complexity index is 459. The molecule has 3 rings (SSSR count). The second-order valence-corrected chi connectivity index (χ2v) is 6.47. The van der Waals surface area contributed by atoms with Gasteiger partial charge in [-0.05, 0) is 39.5 Å². The molecule has 2 unspecified atom stereocenters. The largest absolute Gasteiger partial charge is 0.361 e. The van der Waals surface area contributed by atoms with Crippen molar-refractivity contribution in [1.82, 2.24) is 10.5 Å². The molecule has 1 fully saturated rings. The van der Waals surface area contributed by atoms with Crippen LogP contribution in [0.3, 0.4) is 0 Å². The summed E-state index contributed by atoms with van der Waals surface area (Å²) >= 11 is 1.91. The summed E-state index contributed by atoms with van der Waals surface area (Å²) in [6.07, 6.45) is 2.78. The molecule has 2 heterocycles. The number of aliphatic imine (C=N–C) groups is 1. The number of hydrogen-bond acceptors (Lipinski definition) is 5. The Hall–Kier alpha value is -0.970. The van der Waals surface area contributed by atoms with E-state index in [1.165, 1.54) is 12.8 Å². The van der Waals surface area contributed by atoms with Crippen LogP contribution in [-0.4, -0.2) is 22.1 Å². The molecule has 1 aromatic rings. The number of hydrogen-bond donors (Lipinski definition) is 1. The van der Waals surface area contributed by atoms with Crippen molar-refractivity contribution in [2.45, 2.75) is 44.9 Å². The maximum atomic E-state index is 5.21. The summed E-state index contributed by atoms with van der Waals surface area (Å²) in [4.78, 5) is 4.61. The van der Waals surface area contributed by atoms with Crippen LogP contribution in [-0.2, 0) is 0 Å². The van der Waals surface area contributed by atoms with Gasteiger partial charge in [-0.1, -0.05) is 16.9 Å². The lowest BCUT2D eigenvalue weighted by Gasteiger charge is -2.15. The fourth-order valence-corrected chi connectivity index (χ4v) is 3.84. The zero-order chi connectivity index (χ0) is 12.7. The fraction of sp³-hybridized carbons (Fsp3) is 0.692. The van der Waals surface area contributed by atoms with E-state index >= 15 is 0 Å². The first-order chi connectivity index (χ1) is 8.65. The van der Waals surface area contributed by atoms with Crippen LogP contribution in [0.15, 0.2) is 9.52 Å². The Morgan fingerprint density at radius 3 is 2.78 bits per heavy atom. The number of aromatic nitrogens is 1. The molecular formula is C13H19N3OS. The van der Waals surface area contributed by atoms with Crippen molar-refractivity contribution in [1.29, 1.82) is 0 Å². The van der Waals surface area contributed by atoms with Gasteiger partial charge in [0.05, 0.1) is 18.3 Å². The van der Waals surface area contributed by atoms with E-state index in [0.29, 0.717) is 5.25 Å². The van der Waals surface area contributed by atoms with E-state index in [9.17, 15) is 0 Å². The second-order valence-electron chi connectivity index (χ2n) is 5.24. The SMILES string of the molecule is Cc1noc(C)c1C(C)NC1=NCC(C2CC2)S1. The minimum Gasteiger partial charge on any atom is -0.361 e. The Morgan fingerprint density at radius 2 is 2.17 bits per heavy atom. The predicted molar refractivity (Wildman–Crippen MR) is 73.9 cm³/mol. The summed E-state index contributed by atoms with van der Waals surface area (Å²) in [5.41, 5.74) is 2.13. The van der Waals surface area contributed by atoms with E-state index < -0.39 is 0 Å². The van der Waals surface area contributed by atoms with Crippen LogP contribution in [0.25, 0.3) is 0 Å². The van der Waals surface area contributed by atoms with Gasteiger partial charge in [0.15, 0.2) is 5.17 Å². The summed E-state index contributed by atoms with van der Waals surface area (Å²) in [6, 6.07) is 0.209. The average Bonchev–Trinajstić information content (AvgIpc) is 2.99. The number of aryl methyl sites for hydroxylation is 2. The molecule has 1 aromatic heterocycles. The second kappa shape index (κ2) is 4.61. The topological polar surface area (TPSA) is 50.4 Å². The maximum absolute atomic E-state index is 5.21. The van der Waals surface area contributed by atoms with Crippen molar-refractivity contribution in [3.8, 4) is 0 Å². The molecule has 1 aliphatic heterocycles. The number of nitrogens with zero attached hydrogens (tertiary/aromatic N) is 2. The quantitative estimate of drug-likeness (QED) is 0.913. The van der Waals surface area contributed by atoms with E-state index in [1.807, 2.05) is 25.6 Å². The van der Waals surface area contributed by atoms with Crippen LogP contribution >= 0.6 is 11.8 Å². The molecule has 1 N–H and O–H groups in total. The van der Waals surface area contributed by atoms with Gasteiger partial charge in [0.1, 0.15) is 5.76 Å². The third-order valence-corrected chi connectivity index (χ3v) is 4.99. The van der Waals surface area contributed by atoms with E-state index in [1.54, 1.807) is 0 Å². The van der Waals surface area contributed by atoms with Gasteiger partial charge in [-0.3, -0.25) is 4.99 Å². The molecule has 18 heavy (non-hydrogen) atoms. The van der Waals surface area contributed by atoms with Gasteiger partial charge in [0.2, 0.25) is 0 Å². The zero-order valence-corrected chi connectivity index (χ0v) is 11.9. The molecule has 5 heteroatoms.